The monoisotopic (exact) mass is 541 g/mol. The second kappa shape index (κ2) is 13.7. The minimum absolute atomic E-state index is 0.0247. The van der Waals surface area contributed by atoms with Gasteiger partial charge in [-0.3, -0.25) is 9.59 Å². The van der Waals surface area contributed by atoms with E-state index in [1.165, 1.54) is 11.8 Å². The van der Waals surface area contributed by atoms with Crippen molar-refractivity contribution in [2.45, 2.75) is 78.7 Å². The molecule has 0 saturated heterocycles. The molecule has 1 amide bonds. The smallest absolute Gasteiger partial charge is 0.273 e. The van der Waals surface area contributed by atoms with Gasteiger partial charge in [0.2, 0.25) is 5.78 Å². The van der Waals surface area contributed by atoms with Gasteiger partial charge in [-0.25, -0.2) is 9.38 Å². The summed E-state index contributed by atoms with van der Waals surface area (Å²) in [4.78, 5) is 37.4. The number of carbonyl (C=O) groups excluding carboxylic acids is 1. The molecular formula is C30H47N5O2S. The molecule has 210 valence electrons. The molecule has 3 aromatic rings. The minimum atomic E-state index is -0.0247. The molecular weight excluding hydrogens is 494 g/mol. The summed E-state index contributed by atoms with van der Waals surface area (Å²) in [6.45, 7) is 17.2. The van der Waals surface area contributed by atoms with E-state index in [0.29, 0.717) is 34.5 Å². The second-order valence-electron chi connectivity index (χ2n) is 11.1. The maximum absolute atomic E-state index is 13.8. The van der Waals surface area contributed by atoms with Crippen LogP contribution in [0.15, 0.2) is 27.9 Å². The zero-order chi connectivity index (χ0) is 28.0. The number of aromatic nitrogens is 3. The highest BCUT2D eigenvalue weighted by Crippen LogP contribution is 2.25. The van der Waals surface area contributed by atoms with Crippen LogP contribution in [0.2, 0.25) is 0 Å². The lowest BCUT2D eigenvalue weighted by Gasteiger charge is -2.24. The lowest BCUT2D eigenvalue weighted by Crippen LogP contribution is -2.34. The summed E-state index contributed by atoms with van der Waals surface area (Å²) in [7, 11) is 2.12. The lowest BCUT2D eigenvalue weighted by atomic mass is 10.1. The Bertz CT molecular complexity index is 1280. The molecule has 0 unspecified atom stereocenters. The van der Waals surface area contributed by atoms with Crippen LogP contribution in [0.1, 0.15) is 76.9 Å². The van der Waals surface area contributed by atoms with Gasteiger partial charge < -0.3 is 14.4 Å². The van der Waals surface area contributed by atoms with E-state index in [1.54, 1.807) is 4.40 Å². The molecule has 0 atom stereocenters. The Balaban J connectivity index is 2.14. The summed E-state index contributed by atoms with van der Waals surface area (Å²) < 4.78 is 3.89. The van der Waals surface area contributed by atoms with Gasteiger partial charge in [0.05, 0.1) is 21.6 Å². The van der Waals surface area contributed by atoms with Crippen molar-refractivity contribution in [3.63, 3.8) is 0 Å². The zero-order valence-corrected chi connectivity index (χ0v) is 25.5. The Kier molecular flexibility index (Phi) is 10.9. The Hall–Kier alpha value is -2.32. The zero-order valence-electron chi connectivity index (χ0n) is 24.7. The van der Waals surface area contributed by atoms with E-state index < -0.39 is 0 Å². The van der Waals surface area contributed by atoms with Crippen molar-refractivity contribution in [2.24, 2.45) is 11.8 Å². The predicted molar refractivity (Wildman–Crippen MR) is 161 cm³/mol. The maximum atomic E-state index is 13.8. The number of benzene rings is 1. The molecule has 0 radical (unpaired) electrons. The fraction of sp³-hybridized carbons (Fsp3) is 0.633. The second-order valence-corrected chi connectivity index (χ2v) is 12.0. The number of rotatable bonds is 14. The summed E-state index contributed by atoms with van der Waals surface area (Å²) in [6, 6.07) is 5.81. The molecule has 0 aliphatic heterocycles. The van der Waals surface area contributed by atoms with Crippen molar-refractivity contribution in [2.75, 3.05) is 39.5 Å². The van der Waals surface area contributed by atoms with Crippen molar-refractivity contribution in [1.29, 1.82) is 0 Å². The van der Waals surface area contributed by atoms with Gasteiger partial charge in [0.15, 0.2) is 0 Å². The van der Waals surface area contributed by atoms with Crippen LogP contribution in [0.4, 0.5) is 0 Å². The van der Waals surface area contributed by atoms with Gasteiger partial charge in [0, 0.05) is 25.2 Å². The van der Waals surface area contributed by atoms with Crippen molar-refractivity contribution in [1.82, 2.24) is 23.8 Å². The van der Waals surface area contributed by atoms with Crippen molar-refractivity contribution in [3.05, 3.63) is 39.8 Å². The average Bonchev–Trinajstić information content (AvgIpc) is 3.20. The molecule has 0 saturated carbocycles. The summed E-state index contributed by atoms with van der Waals surface area (Å²) in [5.41, 5.74) is 3.19. The number of hydrogen-bond donors (Lipinski definition) is 0. The van der Waals surface area contributed by atoms with Crippen LogP contribution in [0.5, 0.6) is 0 Å². The van der Waals surface area contributed by atoms with Crippen LogP contribution in [0.25, 0.3) is 16.8 Å². The van der Waals surface area contributed by atoms with Gasteiger partial charge in [0.25, 0.3) is 11.5 Å². The summed E-state index contributed by atoms with van der Waals surface area (Å²) in [6.07, 6.45) is 5.52. The number of thioether (sulfide) groups is 1. The Morgan fingerprint density at radius 1 is 1.03 bits per heavy atom. The molecule has 1 aromatic carbocycles. The van der Waals surface area contributed by atoms with Crippen LogP contribution in [-0.4, -0.2) is 69.1 Å². The summed E-state index contributed by atoms with van der Waals surface area (Å²) >= 11 is 1.46. The standard InChI is InChI=1S/C30H47N5O2S/c1-9-24-27(38-8)29(37)35-25-13-12-23(28(36)33(18-14-21(3)4)19-15-22(5)6)20-26(25)34(30(35)31-24)17-11-16-32(7)10-2/h12-13,20-22H,9-11,14-19H2,1-8H3. The molecule has 7 nitrogen and oxygen atoms in total. The van der Waals surface area contributed by atoms with Gasteiger partial charge in [-0.05, 0) is 82.1 Å². The molecule has 8 heteroatoms. The number of carbonyl (C=O) groups is 1. The third-order valence-electron chi connectivity index (χ3n) is 7.33. The Morgan fingerprint density at radius 3 is 2.24 bits per heavy atom. The van der Waals surface area contributed by atoms with E-state index in [2.05, 4.69) is 51.1 Å². The maximum Gasteiger partial charge on any atom is 0.273 e. The first-order valence-electron chi connectivity index (χ1n) is 14.2. The molecule has 38 heavy (non-hydrogen) atoms. The normalized spacial score (nSPS) is 12.1. The van der Waals surface area contributed by atoms with E-state index in [4.69, 9.17) is 4.98 Å². The van der Waals surface area contributed by atoms with E-state index in [0.717, 1.165) is 68.7 Å². The number of nitrogens with zero attached hydrogens (tertiary/aromatic N) is 5. The van der Waals surface area contributed by atoms with Crippen LogP contribution >= 0.6 is 11.8 Å². The first-order chi connectivity index (χ1) is 18.1. The van der Waals surface area contributed by atoms with E-state index in [9.17, 15) is 9.59 Å². The number of aryl methyl sites for hydroxylation is 2. The Morgan fingerprint density at radius 2 is 1.68 bits per heavy atom. The topological polar surface area (TPSA) is 62.9 Å². The number of imidazole rings is 1. The number of hydrogen-bond acceptors (Lipinski definition) is 5. The molecule has 2 aromatic heterocycles. The van der Waals surface area contributed by atoms with Crippen LogP contribution in [-0.2, 0) is 13.0 Å². The third kappa shape index (κ3) is 6.81. The molecule has 0 N–H and O–H groups in total. The highest BCUT2D eigenvalue weighted by Gasteiger charge is 2.22. The summed E-state index contributed by atoms with van der Waals surface area (Å²) in [5.74, 6) is 1.80. The SMILES string of the molecule is CCc1nc2n(CCCN(C)CC)c3cc(C(=O)N(CCC(C)C)CCC(C)C)ccc3n2c(=O)c1SC. The van der Waals surface area contributed by atoms with Crippen molar-refractivity contribution < 1.29 is 4.79 Å². The lowest BCUT2D eigenvalue weighted by molar-refractivity contribution is 0.0741. The van der Waals surface area contributed by atoms with Gasteiger partial charge >= 0.3 is 0 Å². The fourth-order valence-corrected chi connectivity index (χ4v) is 5.44. The highest BCUT2D eigenvalue weighted by molar-refractivity contribution is 7.98. The van der Waals surface area contributed by atoms with Crippen LogP contribution in [0, 0.1) is 11.8 Å². The quantitative estimate of drug-likeness (QED) is 0.241. The average molecular weight is 542 g/mol. The number of amides is 1. The first kappa shape index (κ1) is 30.2. The fourth-order valence-electron chi connectivity index (χ4n) is 4.75. The number of fused-ring (bicyclic) bond motifs is 3. The van der Waals surface area contributed by atoms with Crippen LogP contribution in [0.3, 0.4) is 0 Å². The molecule has 0 aliphatic rings. The molecule has 0 fully saturated rings. The summed E-state index contributed by atoms with van der Waals surface area (Å²) in [5, 5.41) is 0. The minimum Gasteiger partial charge on any atom is -0.339 e. The van der Waals surface area contributed by atoms with E-state index in [1.807, 2.05) is 36.3 Å². The van der Waals surface area contributed by atoms with Gasteiger partial charge in [0.1, 0.15) is 0 Å². The highest BCUT2D eigenvalue weighted by atomic mass is 32.2. The van der Waals surface area contributed by atoms with Gasteiger partial charge in [-0.15, -0.1) is 11.8 Å². The molecule has 2 heterocycles. The Labute approximate surface area is 232 Å². The van der Waals surface area contributed by atoms with E-state index in [-0.39, 0.29) is 11.5 Å². The molecule has 0 bridgehead atoms. The van der Waals surface area contributed by atoms with Crippen molar-refractivity contribution in [3.8, 4) is 0 Å². The van der Waals surface area contributed by atoms with Gasteiger partial charge in [-0.1, -0.05) is 41.5 Å². The van der Waals surface area contributed by atoms with Crippen molar-refractivity contribution >= 4 is 34.5 Å². The molecule has 3 rings (SSSR count). The van der Waals surface area contributed by atoms with Crippen LogP contribution < -0.4 is 5.56 Å². The van der Waals surface area contributed by atoms with Gasteiger partial charge in [-0.2, -0.15) is 0 Å². The first-order valence-corrected chi connectivity index (χ1v) is 15.4. The molecule has 0 spiro atoms. The molecule has 0 aliphatic carbocycles. The largest absolute Gasteiger partial charge is 0.339 e. The van der Waals surface area contributed by atoms with E-state index >= 15 is 0 Å². The third-order valence-corrected chi connectivity index (χ3v) is 8.15. The predicted octanol–water partition coefficient (Wildman–Crippen LogP) is 5.81.